The van der Waals surface area contributed by atoms with E-state index in [1.165, 1.54) is 51.4 Å². The molecule has 0 aliphatic carbocycles. The Morgan fingerprint density at radius 3 is 2.33 bits per heavy atom. The van der Waals surface area contributed by atoms with Gasteiger partial charge in [0.25, 0.3) is 15.9 Å². The lowest BCUT2D eigenvalue weighted by Gasteiger charge is -2.18. The van der Waals surface area contributed by atoms with Crippen molar-refractivity contribution < 1.29 is 32.0 Å². The Kier molecular flexibility index (Phi) is 7.65. The number of hydrogen-bond donors (Lipinski definition) is 1. The van der Waals surface area contributed by atoms with Crippen LogP contribution in [0.1, 0.15) is 35.8 Å². The molecule has 0 saturated heterocycles. The summed E-state index contributed by atoms with van der Waals surface area (Å²) >= 11 is 0. The first kappa shape index (κ1) is 23.5. The van der Waals surface area contributed by atoms with Crippen LogP contribution in [0.4, 0.5) is 4.39 Å². The van der Waals surface area contributed by atoms with Crippen LogP contribution in [0.3, 0.4) is 0 Å². The second-order valence-electron chi connectivity index (χ2n) is 6.45. The van der Waals surface area contributed by atoms with Crippen LogP contribution >= 0.6 is 0 Å². The summed E-state index contributed by atoms with van der Waals surface area (Å²) in [5.74, 6) is -1.80. The van der Waals surface area contributed by atoms with Gasteiger partial charge in [-0.15, -0.1) is 0 Å². The van der Waals surface area contributed by atoms with E-state index in [0.29, 0.717) is 10.0 Å². The van der Waals surface area contributed by atoms with Crippen molar-refractivity contribution in [3.8, 4) is 0 Å². The molecule has 0 radical (unpaired) electrons. The van der Waals surface area contributed by atoms with Crippen LogP contribution in [0, 0.1) is 5.82 Å². The lowest BCUT2D eigenvalue weighted by atomic mass is 10.1. The molecule has 2 aromatic rings. The largest absolute Gasteiger partial charge is 0.449 e. The first-order chi connectivity index (χ1) is 14.1. The Bertz CT molecular complexity index is 1010. The van der Waals surface area contributed by atoms with Crippen LogP contribution in [0.15, 0.2) is 53.4 Å². The molecule has 1 N–H and O–H groups in total. The monoisotopic (exact) mass is 438 g/mol. The van der Waals surface area contributed by atoms with Gasteiger partial charge >= 0.3 is 5.97 Å². The molecule has 2 aromatic carbocycles. The first-order valence-corrected chi connectivity index (χ1v) is 10.4. The highest BCUT2D eigenvalue weighted by Crippen LogP contribution is 2.17. The zero-order valence-corrected chi connectivity index (χ0v) is 17.8. The van der Waals surface area contributed by atoms with E-state index in [0.717, 1.165) is 6.07 Å². The van der Waals surface area contributed by atoms with Crippen molar-refractivity contribution in [2.24, 2.45) is 0 Å². The molecule has 30 heavy (non-hydrogen) atoms. The van der Waals surface area contributed by atoms with E-state index in [1.54, 1.807) is 19.1 Å². The van der Waals surface area contributed by atoms with E-state index in [1.807, 2.05) is 0 Å². The maximum Gasteiger partial charge on any atom is 0.338 e. The van der Waals surface area contributed by atoms with Crippen LogP contribution < -0.4 is 5.32 Å². The minimum atomic E-state index is -3.94. The first-order valence-electron chi connectivity index (χ1n) is 8.96. The number of hydroxylamine groups is 1. The number of amides is 1. The SMILES string of the molecule is CON(C)S(=O)(=O)c1cccc(C(=O)OC(C)C(=O)NC(C)c2ccc(F)cc2)c1. The van der Waals surface area contributed by atoms with Gasteiger partial charge in [-0.25, -0.2) is 17.6 Å². The highest BCUT2D eigenvalue weighted by Gasteiger charge is 2.24. The van der Waals surface area contributed by atoms with E-state index >= 15 is 0 Å². The number of halogens is 1. The molecule has 2 atom stereocenters. The second-order valence-corrected chi connectivity index (χ2v) is 8.39. The number of hydrogen-bond acceptors (Lipinski definition) is 6. The predicted molar refractivity (Wildman–Crippen MR) is 106 cm³/mol. The molecule has 0 saturated carbocycles. The van der Waals surface area contributed by atoms with Crippen molar-refractivity contribution >= 4 is 21.9 Å². The van der Waals surface area contributed by atoms with Gasteiger partial charge in [-0.2, -0.15) is 0 Å². The van der Waals surface area contributed by atoms with Gasteiger partial charge in [-0.05, 0) is 49.7 Å². The van der Waals surface area contributed by atoms with E-state index in [-0.39, 0.29) is 16.3 Å². The maximum absolute atomic E-state index is 13.0. The number of sulfonamides is 1. The van der Waals surface area contributed by atoms with Gasteiger partial charge in [-0.3, -0.25) is 9.63 Å². The van der Waals surface area contributed by atoms with Crippen molar-refractivity contribution in [3.05, 3.63) is 65.5 Å². The fourth-order valence-electron chi connectivity index (χ4n) is 2.48. The second kappa shape index (κ2) is 9.79. The molecular formula is C20H23FN2O6S. The molecule has 162 valence electrons. The highest BCUT2D eigenvalue weighted by molar-refractivity contribution is 7.89. The normalized spacial score (nSPS) is 13.5. The smallest absolute Gasteiger partial charge is 0.338 e. The molecule has 1 amide bonds. The average Bonchev–Trinajstić information content (AvgIpc) is 2.73. The minimum absolute atomic E-state index is 0.0354. The Balaban J connectivity index is 2.05. The zero-order chi connectivity index (χ0) is 22.5. The summed E-state index contributed by atoms with van der Waals surface area (Å²) in [5.41, 5.74) is 0.648. The van der Waals surface area contributed by atoms with Gasteiger partial charge in [-0.1, -0.05) is 22.7 Å². The number of carbonyl (C=O) groups excluding carboxylic acids is 2. The van der Waals surface area contributed by atoms with Crippen LogP contribution in [-0.4, -0.2) is 45.0 Å². The molecule has 0 heterocycles. The lowest BCUT2D eigenvalue weighted by molar-refractivity contribution is -0.129. The molecule has 0 spiro atoms. The molecule has 8 nitrogen and oxygen atoms in total. The van der Waals surface area contributed by atoms with Crippen molar-refractivity contribution in [1.29, 1.82) is 0 Å². The third-order valence-corrected chi connectivity index (χ3v) is 6.02. The maximum atomic E-state index is 13.0. The minimum Gasteiger partial charge on any atom is -0.449 e. The number of rotatable bonds is 8. The summed E-state index contributed by atoms with van der Waals surface area (Å²) in [6, 6.07) is 10.4. The van der Waals surface area contributed by atoms with E-state index in [9.17, 15) is 22.4 Å². The Morgan fingerprint density at radius 1 is 1.10 bits per heavy atom. The summed E-state index contributed by atoms with van der Waals surface area (Å²) in [7, 11) is -1.53. The Hall–Kier alpha value is -2.82. The van der Waals surface area contributed by atoms with E-state index < -0.39 is 34.0 Å². The van der Waals surface area contributed by atoms with Crippen LogP contribution in [0.25, 0.3) is 0 Å². The van der Waals surface area contributed by atoms with Crippen molar-refractivity contribution in [1.82, 2.24) is 9.79 Å². The average molecular weight is 438 g/mol. The summed E-state index contributed by atoms with van der Waals surface area (Å²) in [6.07, 6.45) is -1.14. The third-order valence-electron chi connectivity index (χ3n) is 4.35. The fraction of sp³-hybridized carbons (Fsp3) is 0.300. The van der Waals surface area contributed by atoms with E-state index in [4.69, 9.17) is 9.57 Å². The summed E-state index contributed by atoms with van der Waals surface area (Å²) < 4.78 is 43.4. The lowest BCUT2D eigenvalue weighted by Crippen LogP contribution is -2.37. The summed E-state index contributed by atoms with van der Waals surface area (Å²) in [4.78, 5) is 29.3. The molecule has 0 bridgehead atoms. The molecule has 0 aliphatic heterocycles. The van der Waals surface area contributed by atoms with Crippen molar-refractivity contribution in [3.63, 3.8) is 0 Å². The number of ether oxygens (including phenoxy) is 1. The van der Waals surface area contributed by atoms with Gasteiger partial charge in [0.1, 0.15) is 5.82 Å². The molecule has 2 rings (SSSR count). The van der Waals surface area contributed by atoms with Gasteiger partial charge in [0.15, 0.2) is 6.10 Å². The molecule has 10 heteroatoms. The molecule has 0 aliphatic rings. The van der Waals surface area contributed by atoms with Crippen molar-refractivity contribution in [2.75, 3.05) is 14.2 Å². The van der Waals surface area contributed by atoms with Crippen LogP contribution in [0.2, 0.25) is 0 Å². The van der Waals surface area contributed by atoms with Gasteiger partial charge in [0.05, 0.1) is 23.6 Å². The highest BCUT2D eigenvalue weighted by atomic mass is 32.2. The fourth-order valence-corrected chi connectivity index (χ4v) is 3.50. The van der Waals surface area contributed by atoms with E-state index in [2.05, 4.69) is 5.32 Å². The third kappa shape index (κ3) is 5.62. The zero-order valence-electron chi connectivity index (χ0n) is 17.0. The molecule has 0 fully saturated rings. The van der Waals surface area contributed by atoms with Gasteiger partial charge < -0.3 is 10.1 Å². The number of carbonyl (C=O) groups is 2. The number of nitrogens with one attached hydrogen (secondary N) is 1. The number of nitrogens with zero attached hydrogens (tertiary/aromatic N) is 1. The quantitative estimate of drug-likeness (QED) is 0.502. The standard InChI is InChI=1S/C20H23FN2O6S/c1-13(15-8-10-17(21)11-9-15)22-19(24)14(2)29-20(25)16-6-5-7-18(12-16)30(26,27)23(3)28-4/h5-14H,1-4H3,(H,22,24). The molecule has 2 unspecified atom stereocenters. The topological polar surface area (TPSA) is 102 Å². The van der Waals surface area contributed by atoms with Crippen LogP contribution in [0.5, 0.6) is 0 Å². The van der Waals surface area contributed by atoms with Gasteiger partial charge in [0.2, 0.25) is 0 Å². The predicted octanol–water partition coefficient (Wildman–Crippen LogP) is 2.43. The Morgan fingerprint density at radius 2 is 1.73 bits per heavy atom. The summed E-state index contributed by atoms with van der Waals surface area (Å²) in [6.45, 7) is 3.10. The van der Waals surface area contributed by atoms with Crippen LogP contribution in [-0.2, 0) is 24.4 Å². The molecule has 0 aromatic heterocycles. The number of benzene rings is 2. The Labute approximate surface area is 174 Å². The molecular weight excluding hydrogens is 415 g/mol. The van der Waals surface area contributed by atoms with Gasteiger partial charge in [0, 0.05) is 7.05 Å². The van der Waals surface area contributed by atoms with Crippen molar-refractivity contribution in [2.45, 2.75) is 30.9 Å². The number of esters is 1. The summed E-state index contributed by atoms with van der Waals surface area (Å²) in [5, 5.41) is 2.67.